The van der Waals surface area contributed by atoms with E-state index in [9.17, 15) is 13.6 Å². The van der Waals surface area contributed by atoms with Crippen LogP contribution in [0.1, 0.15) is 69.8 Å². The second-order valence-corrected chi connectivity index (χ2v) is 9.32. The lowest BCUT2D eigenvalue weighted by atomic mass is 9.77. The maximum atomic E-state index is 14.8. The van der Waals surface area contributed by atoms with E-state index in [1.165, 1.54) is 69.1 Å². The molecule has 1 aliphatic carbocycles. The van der Waals surface area contributed by atoms with Crippen LogP contribution in [0.5, 0.6) is 5.75 Å². The second kappa shape index (κ2) is 13.4. The molecule has 0 saturated heterocycles. The lowest BCUT2D eigenvalue weighted by Gasteiger charge is -2.29. The number of hydrogen-bond acceptors (Lipinski definition) is 4. The predicted octanol–water partition coefficient (Wildman–Crippen LogP) is 6.96. The smallest absolute Gasteiger partial charge is 0.335 e. The van der Waals surface area contributed by atoms with Crippen molar-refractivity contribution in [2.75, 3.05) is 19.8 Å². The molecule has 2 aromatic carbocycles. The fraction of sp³-hybridized carbons (Fsp3) is 0.483. The molecule has 0 heterocycles. The molecule has 1 fully saturated rings. The molecule has 4 nitrogen and oxygen atoms in total. The van der Waals surface area contributed by atoms with Gasteiger partial charge in [0, 0.05) is 5.56 Å². The minimum absolute atomic E-state index is 0.0901. The Morgan fingerprint density at radius 1 is 1.00 bits per heavy atom. The summed E-state index contributed by atoms with van der Waals surface area (Å²) in [5, 5.41) is 8.83. The van der Waals surface area contributed by atoms with E-state index < -0.39 is 24.2 Å². The number of carbonyl (C=O) groups excluding carboxylic acids is 1. The van der Waals surface area contributed by atoms with Crippen molar-refractivity contribution in [3.8, 4) is 16.9 Å². The molecule has 3 rings (SSSR count). The first-order chi connectivity index (χ1) is 16.9. The molecule has 35 heavy (non-hydrogen) atoms. The van der Waals surface area contributed by atoms with Crippen molar-refractivity contribution in [3.05, 3.63) is 65.7 Å². The van der Waals surface area contributed by atoms with Crippen LogP contribution in [-0.4, -0.2) is 30.9 Å². The molecule has 0 unspecified atom stereocenters. The average Bonchev–Trinajstić information content (AvgIpc) is 2.89. The van der Waals surface area contributed by atoms with Gasteiger partial charge < -0.3 is 14.6 Å². The van der Waals surface area contributed by atoms with Crippen LogP contribution in [0.4, 0.5) is 8.78 Å². The first-order valence-corrected chi connectivity index (χ1v) is 12.6. The molecule has 190 valence electrons. The summed E-state index contributed by atoms with van der Waals surface area (Å²) >= 11 is 0. The Kier molecular flexibility index (Phi) is 10.3. The van der Waals surface area contributed by atoms with Crippen LogP contribution in [0.3, 0.4) is 0 Å². The molecule has 1 N–H and O–H groups in total. The van der Waals surface area contributed by atoms with Gasteiger partial charge >= 0.3 is 5.97 Å². The quantitative estimate of drug-likeness (QED) is 0.200. The lowest BCUT2D eigenvalue weighted by Crippen LogP contribution is -2.15. The third-order valence-electron chi connectivity index (χ3n) is 6.86. The van der Waals surface area contributed by atoms with E-state index in [1.54, 1.807) is 0 Å². The molecular weight excluding hydrogens is 450 g/mol. The number of halogens is 2. The second-order valence-electron chi connectivity index (χ2n) is 9.32. The van der Waals surface area contributed by atoms with Gasteiger partial charge in [-0.15, -0.1) is 0 Å². The van der Waals surface area contributed by atoms with Gasteiger partial charge in [-0.2, -0.15) is 4.39 Å². The molecule has 0 spiro atoms. The fourth-order valence-electron chi connectivity index (χ4n) is 4.72. The molecule has 1 saturated carbocycles. The van der Waals surface area contributed by atoms with E-state index in [-0.39, 0.29) is 30.1 Å². The summed E-state index contributed by atoms with van der Waals surface area (Å²) in [7, 11) is 0. The summed E-state index contributed by atoms with van der Waals surface area (Å²) in [4.78, 5) is 11.4. The molecule has 0 bridgehead atoms. The van der Waals surface area contributed by atoms with Crippen LogP contribution >= 0.6 is 0 Å². The van der Waals surface area contributed by atoms with Crippen LogP contribution < -0.4 is 4.74 Å². The predicted molar refractivity (Wildman–Crippen MR) is 133 cm³/mol. The Hall–Kier alpha value is -2.73. The summed E-state index contributed by atoms with van der Waals surface area (Å²) < 4.78 is 39.4. The molecule has 0 radical (unpaired) electrons. The van der Waals surface area contributed by atoms with Gasteiger partial charge in [-0.3, -0.25) is 0 Å². The van der Waals surface area contributed by atoms with Crippen molar-refractivity contribution in [1.29, 1.82) is 0 Å². The highest BCUT2D eigenvalue weighted by Crippen LogP contribution is 2.38. The van der Waals surface area contributed by atoms with Crippen molar-refractivity contribution >= 4 is 5.97 Å². The lowest BCUT2D eigenvalue weighted by molar-refractivity contribution is -0.140. The van der Waals surface area contributed by atoms with Crippen molar-refractivity contribution in [3.63, 3.8) is 0 Å². The SMILES string of the molecule is C=C(CO)C(=O)OCCOc1ccc(-c2ccc(C3CCC(CCCCC)CC3)cc2)c(F)c1F. The average molecular weight is 487 g/mol. The van der Waals surface area contributed by atoms with Gasteiger partial charge in [-0.05, 0) is 60.8 Å². The Morgan fingerprint density at radius 3 is 2.37 bits per heavy atom. The first kappa shape index (κ1) is 26.9. The number of esters is 1. The number of unbranched alkanes of at least 4 members (excludes halogenated alkanes) is 2. The van der Waals surface area contributed by atoms with Crippen LogP contribution in [0.2, 0.25) is 0 Å². The van der Waals surface area contributed by atoms with Crippen molar-refractivity contribution < 1.29 is 28.2 Å². The minimum Gasteiger partial charge on any atom is -0.487 e. The Labute approximate surface area is 207 Å². The van der Waals surface area contributed by atoms with E-state index in [2.05, 4.69) is 13.5 Å². The summed E-state index contributed by atoms with van der Waals surface area (Å²) in [6.07, 6.45) is 10.2. The van der Waals surface area contributed by atoms with Crippen molar-refractivity contribution in [2.45, 2.75) is 64.2 Å². The fourth-order valence-corrected chi connectivity index (χ4v) is 4.72. The standard InChI is InChI=1S/C29H36F2O4/c1-3-4-5-6-21-7-9-22(10-8-21)23-11-13-24(14-12-23)25-15-16-26(28(31)27(25)30)34-17-18-35-29(33)20(2)19-32/h11-16,21-22,32H,2-10,17-19H2,1H3. The normalized spacial score (nSPS) is 17.7. The van der Waals surface area contributed by atoms with Crippen LogP contribution in [0.15, 0.2) is 48.6 Å². The zero-order valence-corrected chi connectivity index (χ0v) is 20.5. The topological polar surface area (TPSA) is 55.8 Å². The van der Waals surface area contributed by atoms with Crippen LogP contribution in [0.25, 0.3) is 11.1 Å². The van der Waals surface area contributed by atoms with E-state index >= 15 is 0 Å². The van der Waals surface area contributed by atoms with Gasteiger partial charge in [-0.25, -0.2) is 9.18 Å². The highest BCUT2D eigenvalue weighted by atomic mass is 19.2. The number of ether oxygens (including phenoxy) is 2. The van der Waals surface area contributed by atoms with Gasteiger partial charge in [-0.1, -0.05) is 63.5 Å². The molecule has 0 aliphatic heterocycles. The summed E-state index contributed by atoms with van der Waals surface area (Å²) in [6, 6.07) is 10.6. The van der Waals surface area contributed by atoms with E-state index in [0.717, 1.165) is 5.92 Å². The Balaban J connectivity index is 1.55. The molecule has 0 atom stereocenters. The summed E-state index contributed by atoms with van der Waals surface area (Å²) in [5.41, 5.74) is 1.96. The van der Waals surface area contributed by atoms with Gasteiger partial charge in [0.05, 0.1) is 12.2 Å². The molecule has 0 amide bonds. The third kappa shape index (κ3) is 7.38. The zero-order chi connectivity index (χ0) is 25.2. The minimum atomic E-state index is -1.08. The van der Waals surface area contributed by atoms with Crippen LogP contribution in [-0.2, 0) is 9.53 Å². The molecule has 6 heteroatoms. The largest absolute Gasteiger partial charge is 0.487 e. The number of hydrogen-bond donors (Lipinski definition) is 1. The molecule has 2 aromatic rings. The molecular formula is C29H36F2O4. The van der Waals surface area contributed by atoms with E-state index in [0.29, 0.717) is 11.5 Å². The number of benzene rings is 2. The van der Waals surface area contributed by atoms with Crippen molar-refractivity contribution in [2.24, 2.45) is 5.92 Å². The van der Waals surface area contributed by atoms with E-state index in [1.807, 2.05) is 24.3 Å². The van der Waals surface area contributed by atoms with Crippen molar-refractivity contribution in [1.82, 2.24) is 0 Å². The Morgan fingerprint density at radius 2 is 1.71 bits per heavy atom. The highest BCUT2D eigenvalue weighted by molar-refractivity contribution is 5.87. The molecule has 1 aliphatic rings. The maximum absolute atomic E-state index is 14.8. The van der Waals surface area contributed by atoms with E-state index in [4.69, 9.17) is 14.6 Å². The zero-order valence-electron chi connectivity index (χ0n) is 20.5. The maximum Gasteiger partial charge on any atom is 0.335 e. The van der Waals surface area contributed by atoms with Gasteiger partial charge in [0.2, 0.25) is 5.82 Å². The molecule has 0 aromatic heterocycles. The van der Waals surface area contributed by atoms with Gasteiger partial charge in [0.25, 0.3) is 0 Å². The Bertz CT molecular complexity index is 979. The van der Waals surface area contributed by atoms with Gasteiger partial charge in [0.1, 0.15) is 13.2 Å². The van der Waals surface area contributed by atoms with Crippen LogP contribution in [0, 0.1) is 17.6 Å². The highest BCUT2D eigenvalue weighted by Gasteiger charge is 2.22. The number of aliphatic hydroxyl groups excluding tert-OH is 1. The number of rotatable bonds is 12. The summed E-state index contributed by atoms with van der Waals surface area (Å²) in [6.45, 7) is 4.74. The number of carbonyl (C=O) groups is 1. The monoisotopic (exact) mass is 486 g/mol. The van der Waals surface area contributed by atoms with Gasteiger partial charge in [0.15, 0.2) is 11.6 Å². The third-order valence-corrected chi connectivity index (χ3v) is 6.86. The number of aliphatic hydroxyl groups is 1. The first-order valence-electron chi connectivity index (χ1n) is 12.6. The summed E-state index contributed by atoms with van der Waals surface area (Å²) in [5.74, 6) is -1.70.